The topological polar surface area (TPSA) is 111 Å². The van der Waals surface area contributed by atoms with Gasteiger partial charge in [-0.05, 0) is 42.0 Å². The number of nitrogens with two attached hydrogens (primary N) is 1. The number of aromatic nitrogens is 1. The molecular formula is C20H17N3O4S2. The molecule has 4 rings (SSSR count). The first kappa shape index (κ1) is 19.3. The van der Waals surface area contributed by atoms with Crippen molar-refractivity contribution < 1.29 is 17.9 Å². The van der Waals surface area contributed by atoms with Gasteiger partial charge in [-0.15, -0.1) is 0 Å². The van der Waals surface area contributed by atoms with Crippen LogP contribution in [0.5, 0.6) is 5.75 Å². The van der Waals surface area contributed by atoms with Crippen molar-refractivity contribution in [3.63, 3.8) is 0 Å². The molecule has 0 saturated carbocycles. The zero-order valence-corrected chi connectivity index (χ0v) is 17.0. The molecule has 4 aromatic rings. The van der Waals surface area contributed by atoms with E-state index in [-0.39, 0.29) is 10.8 Å². The summed E-state index contributed by atoms with van der Waals surface area (Å²) in [5.74, 6) is 0.136. The standard InChI is InChI=1S/C20H17N3O4S2/c1-2-27-16-10-7-12-5-3-4-6-14(12)18(16)19(24)23-20-22-15-9-8-13(29(21,25)26)11-17(15)28-20/h3-11H,2H2,1H3,(H2,21,25,26)(H,22,23,24). The molecule has 148 valence electrons. The van der Waals surface area contributed by atoms with Gasteiger partial charge in [0.05, 0.1) is 27.3 Å². The van der Waals surface area contributed by atoms with Gasteiger partial charge in [0.1, 0.15) is 5.75 Å². The molecule has 0 bridgehead atoms. The Balaban J connectivity index is 1.74. The van der Waals surface area contributed by atoms with E-state index in [1.54, 1.807) is 12.1 Å². The van der Waals surface area contributed by atoms with Gasteiger partial charge in [-0.3, -0.25) is 10.1 Å². The summed E-state index contributed by atoms with van der Waals surface area (Å²) in [6, 6.07) is 15.6. The van der Waals surface area contributed by atoms with Crippen molar-refractivity contribution in [3.05, 3.63) is 60.2 Å². The van der Waals surface area contributed by atoms with Gasteiger partial charge in [-0.25, -0.2) is 18.5 Å². The van der Waals surface area contributed by atoms with E-state index in [9.17, 15) is 13.2 Å². The molecule has 7 nitrogen and oxygen atoms in total. The maximum Gasteiger partial charge on any atom is 0.261 e. The van der Waals surface area contributed by atoms with Gasteiger partial charge in [0.15, 0.2) is 5.13 Å². The molecule has 29 heavy (non-hydrogen) atoms. The number of rotatable bonds is 5. The van der Waals surface area contributed by atoms with Crippen LogP contribution >= 0.6 is 11.3 Å². The Morgan fingerprint density at radius 3 is 2.72 bits per heavy atom. The normalized spacial score (nSPS) is 11.7. The fraction of sp³-hybridized carbons (Fsp3) is 0.100. The molecule has 1 heterocycles. The van der Waals surface area contributed by atoms with E-state index < -0.39 is 10.0 Å². The molecule has 0 aliphatic heterocycles. The molecule has 0 fully saturated rings. The Morgan fingerprint density at radius 2 is 1.97 bits per heavy atom. The third-order valence-electron chi connectivity index (χ3n) is 4.33. The van der Waals surface area contributed by atoms with Gasteiger partial charge in [0.2, 0.25) is 10.0 Å². The first-order valence-electron chi connectivity index (χ1n) is 8.76. The Labute approximate surface area is 171 Å². The molecule has 0 saturated heterocycles. The highest BCUT2D eigenvalue weighted by atomic mass is 32.2. The van der Waals surface area contributed by atoms with Crippen LogP contribution in [0.1, 0.15) is 17.3 Å². The van der Waals surface area contributed by atoms with Crippen LogP contribution in [0.15, 0.2) is 59.5 Å². The van der Waals surface area contributed by atoms with E-state index in [0.717, 1.165) is 10.8 Å². The van der Waals surface area contributed by atoms with Gasteiger partial charge < -0.3 is 4.74 Å². The maximum atomic E-state index is 13.1. The van der Waals surface area contributed by atoms with Crippen molar-refractivity contribution in [2.45, 2.75) is 11.8 Å². The van der Waals surface area contributed by atoms with Crippen molar-refractivity contribution in [2.24, 2.45) is 5.14 Å². The number of carbonyl (C=O) groups is 1. The zero-order chi connectivity index (χ0) is 20.6. The van der Waals surface area contributed by atoms with Crippen LogP contribution < -0.4 is 15.2 Å². The summed E-state index contributed by atoms with van der Waals surface area (Å²) < 4.78 is 29.4. The Morgan fingerprint density at radius 1 is 1.17 bits per heavy atom. The number of sulfonamides is 1. The summed E-state index contributed by atoms with van der Waals surface area (Å²) >= 11 is 1.17. The molecular weight excluding hydrogens is 410 g/mol. The minimum atomic E-state index is -3.81. The van der Waals surface area contributed by atoms with Crippen molar-refractivity contribution in [1.82, 2.24) is 4.98 Å². The SMILES string of the molecule is CCOc1ccc2ccccc2c1C(=O)Nc1nc2ccc(S(N)(=O)=O)cc2s1. The predicted molar refractivity (Wildman–Crippen MR) is 114 cm³/mol. The number of thiazole rings is 1. The lowest BCUT2D eigenvalue weighted by Crippen LogP contribution is -2.14. The van der Waals surface area contributed by atoms with E-state index in [1.807, 2.05) is 37.3 Å². The summed E-state index contributed by atoms with van der Waals surface area (Å²) in [6.07, 6.45) is 0. The molecule has 0 aliphatic carbocycles. The maximum absolute atomic E-state index is 13.1. The molecule has 0 radical (unpaired) electrons. The number of hydrogen-bond acceptors (Lipinski definition) is 6. The van der Waals surface area contributed by atoms with Crippen molar-refractivity contribution >= 4 is 53.4 Å². The summed E-state index contributed by atoms with van der Waals surface area (Å²) in [5.41, 5.74) is 0.995. The van der Waals surface area contributed by atoms with Gasteiger partial charge in [-0.2, -0.15) is 0 Å². The summed E-state index contributed by atoms with van der Waals surface area (Å²) in [6.45, 7) is 2.28. The number of hydrogen-bond donors (Lipinski definition) is 2. The highest BCUT2D eigenvalue weighted by Crippen LogP contribution is 2.31. The monoisotopic (exact) mass is 427 g/mol. The van der Waals surface area contributed by atoms with Gasteiger partial charge in [0, 0.05) is 0 Å². The zero-order valence-electron chi connectivity index (χ0n) is 15.4. The Hall–Kier alpha value is -3.01. The number of carbonyl (C=O) groups excluding carboxylic acids is 1. The molecule has 3 N–H and O–H groups in total. The second-order valence-corrected chi connectivity index (χ2v) is 8.83. The number of nitrogens with zero attached hydrogens (tertiary/aromatic N) is 1. The fourth-order valence-electron chi connectivity index (χ4n) is 3.06. The number of primary sulfonamides is 1. The number of benzene rings is 3. The number of anilines is 1. The number of fused-ring (bicyclic) bond motifs is 2. The van der Waals surface area contributed by atoms with Crippen molar-refractivity contribution in [2.75, 3.05) is 11.9 Å². The van der Waals surface area contributed by atoms with Crippen molar-refractivity contribution in [3.8, 4) is 5.75 Å². The third kappa shape index (κ3) is 3.80. The lowest BCUT2D eigenvalue weighted by molar-refractivity contribution is 0.102. The number of ether oxygens (including phenoxy) is 1. The summed E-state index contributed by atoms with van der Waals surface area (Å²) in [7, 11) is -3.81. The van der Waals surface area contributed by atoms with Crippen LogP contribution in [-0.2, 0) is 10.0 Å². The van der Waals surface area contributed by atoms with E-state index in [4.69, 9.17) is 9.88 Å². The van der Waals surface area contributed by atoms with E-state index in [1.165, 1.54) is 23.5 Å². The molecule has 1 amide bonds. The Bertz CT molecular complexity index is 1350. The lowest BCUT2D eigenvalue weighted by Gasteiger charge is -2.12. The quantitative estimate of drug-likeness (QED) is 0.504. The van der Waals surface area contributed by atoms with Crippen LogP contribution in [0.3, 0.4) is 0 Å². The van der Waals surface area contributed by atoms with Crippen LogP contribution in [-0.4, -0.2) is 25.9 Å². The van der Waals surface area contributed by atoms with Crippen LogP contribution in [0, 0.1) is 0 Å². The first-order chi connectivity index (χ1) is 13.9. The van der Waals surface area contributed by atoms with Gasteiger partial charge >= 0.3 is 0 Å². The lowest BCUT2D eigenvalue weighted by atomic mass is 10.0. The van der Waals surface area contributed by atoms with E-state index in [2.05, 4.69) is 10.3 Å². The largest absolute Gasteiger partial charge is 0.493 e. The minimum Gasteiger partial charge on any atom is -0.493 e. The number of nitrogens with one attached hydrogen (secondary N) is 1. The third-order valence-corrected chi connectivity index (χ3v) is 6.17. The smallest absolute Gasteiger partial charge is 0.261 e. The first-order valence-corrected chi connectivity index (χ1v) is 11.1. The fourth-order valence-corrected chi connectivity index (χ4v) is 4.57. The van der Waals surface area contributed by atoms with Crippen LogP contribution in [0.4, 0.5) is 5.13 Å². The molecule has 1 aromatic heterocycles. The second-order valence-electron chi connectivity index (χ2n) is 6.24. The molecule has 0 atom stereocenters. The van der Waals surface area contributed by atoms with Crippen LogP contribution in [0.2, 0.25) is 0 Å². The highest BCUT2D eigenvalue weighted by molar-refractivity contribution is 7.89. The van der Waals surface area contributed by atoms with Crippen LogP contribution in [0.25, 0.3) is 21.0 Å². The average molecular weight is 428 g/mol. The Kier molecular flexibility index (Phi) is 4.95. The van der Waals surface area contributed by atoms with Gasteiger partial charge in [0.25, 0.3) is 5.91 Å². The van der Waals surface area contributed by atoms with E-state index >= 15 is 0 Å². The minimum absolute atomic E-state index is 0.000730. The highest BCUT2D eigenvalue weighted by Gasteiger charge is 2.19. The molecule has 3 aromatic carbocycles. The average Bonchev–Trinajstić information content (AvgIpc) is 3.08. The van der Waals surface area contributed by atoms with Crippen molar-refractivity contribution in [1.29, 1.82) is 0 Å². The summed E-state index contributed by atoms with van der Waals surface area (Å²) in [5, 5.41) is 10.0. The molecule has 0 unspecified atom stereocenters. The second kappa shape index (κ2) is 7.43. The van der Waals surface area contributed by atoms with E-state index in [0.29, 0.717) is 33.3 Å². The predicted octanol–water partition coefficient (Wildman–Crippen LogP) is 3.75. The molecule has 9 heteroatoms. The molecule has 0 spiro atoms. The molecule has 0 aliphatic rings. The number of amides is 1. The summed E-state index contributed by atoms with van der Waals surface area (Å²) in [4.78, 5) is 17.5. The van der Waals surface area contributed by atoms with Gasteiger partial charge in [-0.1, -0.05) is 41.7 Å².